The van der Waals surface area contributed by atoms with Crippen molar-refractivity contribution < 1.29 is 14.3 Å². The van der Waals surface area contributed by atoms with Crippen LogP contribution in [0.5, 0.6) is 0 Å². The summed E-state index contributed by atoms with van der Waals surface area (Å²) in [5.74, 6) is -0.121. The first kappa shape index (κ1) is 27.7. The number of rotatable bonds is 9. The minimum absolute atomic E-state index is 0.146. The average Bonchev–Trinajstić information content (AvgIpc) is 3.24. The number of hydrogen-bond donors (Lipinski definition) is 1. The van der Waals surface area contributed by atoms with Crippen molar-refractivity contribution in [3.8, 4) is 5.69 Å². The number of nitrogens with one attached hydrogen (secondary N) is 1. The summed E-state index contributed by atoms with van der Waals surface area (Å²) < 4.78 is 6.85. The van der Waals surface area contributed by atoms with Gasteiger partial charge in [-0.2, -0.15) is 5.10 Å². The number of aryl methyl sites for hydroxylation is 1. The Labute approximate surface area is 222 Å². The molecule has 0 atom stereocenters. The molecule has 7 nitrogen and oxygen atoms in total. The molecule has 192 valence electrons. The van der Waals surface area contributed by atoms with Crippen molar-refractivity contribution in [1.82, 2.24) is 14.7 Å². The van der Waals surface area contributed by atoms with E-state index in [1.54, 1.807) is 23.9 Å². The zero-order valence-electron chi connectivity index (χ0n) is 21.3. The Bertz CT molecular complexity index is 1220. The van der Waals surface area contributed by atoms with Crippen LogP contribution < -0.4 is 5.32 Å². The van der Waals surface area contributed by atoms with E-state index >= 15 is 0 Å². The Morgan fingerprint density at radius 1 is 1.06 bits per heavy atom. The van der Waals surface area contributed by atoms with E-state index in [1.165, 1.54) is 11.0 Å². The van der Waals surface area contributed by atoms with Crippen LogP contribution in [0.15, 0.2) is 48.5 Å². The predicted octanol–water partition coefficient (Wildman–Crippen LogP) is 5.90. The van der Waals surface area contributed by atoms with Crippen LogP contribution in [0, 0.1) is 6.92 Å². The smallest absolute Gasteiger partial charge is 0.254 e. The molecule has 3 aromatic rings. The second kappa shape index (κ2) is 11.9. The van der Waals surface area contributed by atoms with Crippen LogP contribution in [0.3, 0.4) is 0 Å². The summed E-state index contributed by atoms with van der Waals surface area (Å²) in [5, 5.41) is 8.34. The molecule has 0 spiro atoms. The normalized spacial score (nSPS) is 11.4. The van der Waals surface area contributed by atoms with Crippen molar-refractivity contribution in [3.63, 3.8) is 0 Å². The molecule has 0 saturated carbocycles. The maximum absolute atomic E-state index is 13.2. The van der Waals surface area contributed by atoms with E-state index in [0.717, 1.165) is 16.9 Å². The van der Waals surface area contributed by atoms with E-state index < -0.39 is 0 Å². The molecule has 1 N–H and O–H groups in total. The summed E-state index contributed by atoms with van der Waals surface area (Å²) in [7, 11) is 1.59. The summed E-state index contributed by atoms with van der Waals surface area (Å²) in [6.07, 6.45) is 0.576. The first-order valence-electron chi connectivity index (χ1n) is 11.7. The van der Waals surface area contributed by atoms with Crippen molar-refractivity contribution in [2.75, 3.05) is 32.1 Å². The minimum atomic E-state index is -0.338. The van der Waals surface area contributed by atoms with Gasteiger partial charge in [-0.1, -0.05) is 61.7 Å². The Morgan fingerprint density at radius 2 is 1.75 bits per heavy atom. The molecule has 0 aliphatic carbocycles. The van der Waals surface area contributed by atoms with Crippen molar-refractivity contribution in [1.29, 1.82) is 0 Å². The van der Waals surface area contributed by atoms with E-state index in [-0.39, 0.29) is 28.8 Å². The van der Waals surface area contributed by atoms with Crippen molar-refractivity contribution >= 4 is 40.8 Å². The minimum Gasteiger partial charge on any atom is -0.385 e. The van der Waals surface area contributed by atoms with Crippen LogP contribution in [0.25, 0.3) is 5.69 Å². The number of anilines is 1. The summed E-state index contributed by atoms with van der Waals surface area (Å²) in [6.45, 7) is 8.86. The standard InChI is InChI=1S/C27H32Cl2N4O3/c1-18-7-10-20(11-8-18)33-24(16-23(31-33)27(2,3)4)30-25(34)17-32(13-6-14-36-5)26(35)19-9-12-21(28)22(29)15-19/h7-12,15-16H,6,13-14,17H2,1-5H3,(H,30,34). The third kappa shape index (κ3) is 7.09. The number of methoxy groups -OCH3 is 1. The molecule has 0 radical (unpaired) electrons. The number of aromatic nitrogens is 2. The van der Waals surface area contributed by atoms with Gasteiger partial charge in [0.2, 0.25) is 5.91 Å². The maximum Gasteiger partial charge on any atom is 0.254 e. The lowest BCUT2D eigenvalue weighted by molar-refractivity contribution is -0.117. The second-order valence-corrected chi connectivity index (χ2v) is 10.5. The zero-order chi connectivity index (χ0) is 26.5. The van der Waals surface area contributed by atoms with Crippen LogP contribution in [0.2, 0.25) is 10.0 Å². The monoisotopic (exact) mass is 530 g/mol. The van der Waals surface area contributed by atoms with Crippen LogP contribution >= 0.6 is 23.2 Å². The highest BCUT2D eigenvalue weighted by Crippen LogP contribution is 2.27. The van der Waals surface area contributed by atoms with Gasteiger partial charge in [-0.25, -0.2) is 4.68 Å². The zero-order valence-corrected chi connectivity index (χ0v) is 22.8. The molecule has 0 bridgehead atoms. The van der Waals surface area contributed by atoms with Gasteiger partial charge in [0, 0.05) is 37.3 Å². The Balaban J connectivity index is 1.85. The Hall–Kier alpha value is -2.87. The molecule has 1 heterocycles. The number of carbonyl (C=O) groups excluding carboxylic acids is 2. The highest BCUT2D eigenvalue weighted by atomic mass is 35.5. The maximum atomic E-state index is 13.2. The van der Waals surface area contributed by atoms with Gasteiger partial charge in [-0.05, 0) is 43.7 Å². The predicted molar refractivity (Wildman–Crippen MR) is 144 cm³/mol. The van der Waals surface area contributed by atoms with E-state index in [0.29, 0.717) is 36.0 Å². The van der Waals surface area contributed by atoms with Gasteiger partial charge in [0.15, 0.2) is 0 Å². The molecular weight excluding hydrogens is 499 g/mol. The molecular formula is C27H32Cl2N4O3. The lowest BCUT2D eigenvalue weighted by Crippen LogP contribution is -2.39. The van der Waals surface area contributed by atoms with Gasteiger partial charge >= 0.3 is 0 Å². The van der Waals surface area contributed by atoms with Crippen LogP contribution in [-0.4, -0.2) is 53.3 Å². The lowest BCUT2D eigenvalue weighted by atomic mass is 9.92. The van der Waals surface area contributed by atoms with Crippen molar-refractivity contribution in [3.05, 3.63) is 75.4 Å². The molecule has 3 rings (SSSR count). The second-order valence-electron chi connectivity index (χ2n) is 9.66. The molecule has 9 heteroatoms. The number of hydrogen-bond acceptors (Lipinski definition) is 4. The Kier molecular flexibility index (Phi) is 9.17. The molecule has 1 aromatic heterocycles. The fourth-order valence-electron chi connectivity index (χ4n) is 3.54. The van der Waals surface area contributed by atoms with E-state index in [2.05, 4.69) is 26.1 Å². The third-order valence-corrected chi connectivity index (χ3v) is 6.33. The number of ether oxygens (including phenoxy) is 1. The molecule has 2 amide bonds. The number of halogens is 2. The fourth-order valence-corrected chi connectivity index (χ4v) is 3.84. The molecule has 0 aliphatic rings. The average molecular weight is 531 g/mol. The fraction of sp³-hybridized carbons (Fsp3) is 0.370. The highest BCUT2D eigenvalue weighted by Gasteiger charge is 2.24. The quantitative estimate of drug-likeness (QED) is 0.349. The molecule has 2 aromatic carbocycles. The van der Waals surface area contributed by atoms with Gasteiger partial charge in [-0.3, -0.25) is 9.59 Å². The highest BCUT2D eigenvalue weighted by molar-refractivity contribution is 6.42. The van der Waals surface area contributed by atoms with Crippen molar-refractivity contribution in [2.45, 2.75) is 39.5 Å². The van der Waals surface area contributed by atoms with E-state index in [9.17, 15) is 9.59 Å². The number of carbonyl (C=O) groups is 2. The molecule has 0 unspecified atom stereocenters. The first-order valence-corrected chi connectivity index (χ1v) is 12.5. The van der Waals surface area contributed by atoms with Gasteiger partial charge in [0.05, 0.1) is 21.4 Å². The van der Waals surface area contributed by atoms with Gasteiger partial charge in [-0.15, -0.1) is 0 Å². The number of benzene rings is 2. The lowest BCUT2D eigenvalue weighted by Gasteiger charge is -2.22. The Morgan fingerprint density at radius 3 is 2.36 bits per heavy atom. The van der Waals surface area contributed by atoms with Crippen LogP contribution in [0.4, 0.5) is 5.82 Å². The first-order chi connectivity index (χ1) is 17.0. The molecule has 0 saturated heterocycles. The van der Waals surface area contributed by atoms with Crippen LogP contribution in [0.1, 0.15) is 48.8 Å². The summed E-state index contributed by atoms with van der Waals surface area (Å²) in [4.78, 5) is 27.9. The van der Waals surface area contributed by atoms with E-state index in [4.69, 9.17) is 33.0 Å². The largest absolute Gasteiger partial charge is 0.385 e. The van der Waals surface area contributed by atoms with Crippen molar-refractivity contribution in [2.24, 2.45) is 0 Å². The van der Waals surface area contributed by atoms with Gasteiger partial charge in [0.25, 0.3) is 5.91 Å². The van der Waals surface area contributed by atoms with Gasteiger partial charge in [0.1, 0.15) is 12.4 Å². The summed E-state index contributed by atoms with van der Waals surface area (Å²) in [6, 6.07) is 14.4. The molecule has 0 aliphatic heterocycles. The summed E-state index contributed by atoms with van der Waals surface area (Å²) in [5.41, 5.74) is 2.93. The molecule has 0 fully saturated rings. The van der Waals surface area contributed by atoms with Crippen LogP contribution in [-0.2, 0) is 14.9 Å². The number of nitrogens with zero attached hydrogens (tertiary/aromatic N) is 3. The number of amides is 2. The summed E-state index contributed by atoms with van der Waals surface area (Å²) >= 11 is 12.1. The topological polar surface area (TPSA) is 76.5 Å². The van der Waals surface area contributed by atoms with Gasteiger partial charge < -0.3 is 15.0 Å². The third-order valence-electron chi connectivity index (χ3n) is 5.59. The molecule has 36 heavy (non-hydrogen) atoms. The van der Waals surface area contributed by atoms with E-state index in [1.807, 2.05) is 37.3 Å². The SMILES string of the molecule is COCCCN(CC(=O)Nc1cc(C(C)(C)C)nn1-c1ccc(C)cc1)C(=O)c1ccc(Cl)c(Cl)c1.